The maximum absolute atomic E-state index is 14.3. The van der Waals surface area contributed by atoms with E-state index in [4.69, 9.17) is 0 Å². The standard InChI is InChI=1S/C30H46F4/c1-3-5-6-7-8-9-23-10-12-24(13-11-23)25-14-16-26(17-15-25)27-18-20-28(21-19-27)30(33,34)29(31,32)22-4-2/h18-21,23-26H,3-17,22H2,1-2H3. The van der Waals surface area contributed by atoms with Crippen LogP contribution in [0.5, 0.6) is 0 Å². The molecule has 194 valence electrons. The topological polar surface area (TPSA) is 0 Å². The highest BCUT2D eigenvalue weighted by molar-refractivity contribution is 5.29. The molecule has 0 radical (unpaired) electrons. The molecule has 0 bridgehead atoms. The zero-order chi connectivity index (χ0) is 24.6. The molecule has 1 aromatic rings. The van der Waals surface area contributed by atoms with E-state index in [9.17, 15) is 17.6 Å². The van der Waals surface area contributed by atoms with Crippen LogP contribution < -0.4 is 0 Å². The van der Waals surface area contributed by atoms with Crippen LogP contribution in [0.25, 0.3) is 0 Å². The van der Waals surface area contributed by atoms with Gasteiger partial charge in [0, 0.05) is 12.0 Å². The van der Waals surface area contributed by atoms with E-state index in [1.54, 1.807) is 12.1 Å². The molecule has 4 heteroatoms. The second-order valence-corrected chi connectivity index (χ2v) is 11.2. The predicted octanol–water partition coefficient (Wildman–Crippen LogP) is 10.7. The van der Waals surface area contributed by atoms with Crippen molar-refractivity contribution in [1.82, 2.24) is 0 Å². The van der Waals surface area contributed by atoms with Gasteiger partial charge in [-0.2, -0.15) is 17.6 Å². The lowest BCUT2D eigenvalue weighted by Gasteiger charge is -2.38. The lowest BCUT2D eigenvalue weighted by molar-refractivity contribution is -0.219. The first-order chi connectivity index (χ1) is 16.3. The van der Waals surface area contributed by atoms with Crippen LogP contribution in [-0.4, -0.2) is 5.92 Å². The molecule has 34 heavy (non-hydrogen) atoms. The quantitative estimate of drug-likeness (QED) is 0.205. The fraction of sp³-hybridized carbons (Fsp3) is 0.800. The summed E-state index contributed by atoms with van der Waals surface area (Å²) in [5.41, 5.74) is 0.467. The van der Waals surface area contributed by atoms with Gasteiger partial charge >= 0.3 is 11.8 Å². The van der Waals surface area contributed by atoms with E-state index in [1.807, 2.05) is 0 Å². The molecule has 1 aromatic carbocycles. The van der Waals surface area contributed by atoms with E-state index in [-0.39, 0.29) is 6.42 Å². The van der Waals surface area contributed by atoms with Gasteiger partial charge in [-0.1, -0.05) is 95.9 Å². The molecule has 0 aromatic heterocycles. The maximum Gasteiger partial charge on any atom is 0.335 e. The number of benzene rings is 1. The zero-order valence-corrected chi connectivity index (χ0v) is 21.4. The van der Waals surface area contributed by atoms with Crippen molar-refractivity contribution >= 4 is 0 Å². The Hall–Kier alpha value is -1.06. The molecule has 0 unspecified atom stereocenters. The smallest absolute Gasteiger partial charge is 0.199 e. The molecule has 0 nitrogen and oxygen atoms in total. The van der Waals surface area contributed by atoms with Gasteiger partial charge in [0.2, 0.25) is 0 Å². The van der Waals surface area contributed by atoms with Gasteiger partial charge in [0.05, 0.1) is 0 Å². The molecule has 2 saturated carbocycles. The fourth-order valence-electron chi connectivity index (χ4n) is 6.56. The van der Waals surface area contributed by atoms with Crippen LogP contribution in [0.3, 0.4) is 0 Å². The van der Waals surface area contributed by atoms with Crippen molar-refractivity contribution in [2.75, 3.05) is 0 Å². The Bertz CT molecular complexity index is 695. The average Bonchev–Trinajstić information content (AvgIpc) is 2.84. The summed E-state index contributed by atoms with van der Waals surface area (Å²) >= 11 is 0. The predicted molar refractivity (Wildman–Crippen MR) is 134 cm³/mol. The Kier molecular flexibility index (Phi) is 10.3. The number of halogens is 4. The molecule has 2 aliphatic rings. The second kappa shape index (κ2) is 12.8. The van der Waals surface area contributed by atoms with Crippen LogP contribution in [0.2, 0.25) is 0 Å². The normalized spacial score (nSPS) is 26.5. The lowest BCUT2D eigenvalue weighted by Crippen LogP contribution is -2.37. The average molecular weight is 483 g/mol. The van der Waals surface area contributed by atoms with Crippen molar-refractivity contribution in [3.05, 3.63) is 35.4 Å². The molecule has 0 atom stereocenters. The monoisotopic (exact) mass is 482 g/mol. The first kappa shape index (κ1) is 27.5. The van der Waals surface area contributed by atoms with Crippen LogP contribution in [0.4, 0.5) is 17.6 Å². The van der Waals surface area contributed by atoms with E-state index in [0.717, 1.165) is 36.2 Å². The van der Waals surface area contributed by atoms with Crippen molar-refractivity contribution in [3.63, 3.8) is 0 Å². The van der Waals surface area contributed by atoms with Gasteiger partial charge in [0.1, 0.15) is 0 Å². The van der Waals surface area contributed by atoms with Crippen LogP contribution in [0.1, 0.15) is 134 Å². The third-order valence-corrected chi connectivity index (χ3v) is 8.81. The van der Waals surface area contributed by atoms with E-state index in [1.165, 1.54) is 96.1 Å². The molecule has 0 saturated heterocycles. The van der Waals surface area contributed by atoms with Gasteiger partial charge in [0.15, 0.2) is 0 Å². The Morgan fingerprint density at radius 3 is 1.79 bits per heavy atom. The third kappa shape index (κ3) is 7.00. The van der Waals surface area contributed by atoms with Gasteiger partial charge in [-0.05, 0) is 67.8 Å². The zero-order valence-electron chi connectivity index (χ0n) is 21.4. The highest BCUT2D eigenvalue weighted by atomic mass is 19.3. The van der Waals surface area contributed by atoms with Crippen molar-refractivity contribution in [2.24, 2.45) is 17.8 Å². The summed E-state index contributed by atoms with van der Waals surface area (Å²) in [5.74, 6) is -5.15. The van der Waals surface area contributed by atoms with Crippen LogP contribution in [0, 0.1) is 17.8 Å². The molecular weight excluding hydrogens is 436 g/mol. The van der Waals surface area contributed by atoms with Gasteiger partial charge in [-0.3, -0.25) is 0 Å². The Labute approximate surface area is 205 Å². The minimum Gasteiger partial charge on any atom is -0.199 e. The van der Waals surface area contributed by atoms with Crippen molar-refractivity contribution < 1.29 is 17.6 Å². The van der Waals surface area contributed by atoms with Crippen LogP contribution in [-0.2, 0) is 5.92 Å². The summed E-state index contributed by atoms with van der Waals surface area (Å²) in [6, 6.07) is 5.80. The number of alkyl halides is 4. The number of hydrogen-bond acceptors (Lipinski definition) is 0. The minimum absolute atomic E-state index is 0.0324. The molecule has 0 heterocycles. The highest BCUT2D eigenvalue weighted by Gasteiger charge is 2.56. The van der Waals surface area contributed by atoms with Crippen LogP contribution in [0.15, 0.2) is 24.3 Å². The van der Waals surface area contributed by atoms with E-state index in [0.29, 0.717) is 5.92 Å². The minimum atomic E-state index is -4.12. The second-order valence-electron chi connectivity index (χ2n) is 11.2. The summed E-state index contributed by atoms with van der Waals surface area (Å²) in [4.78, 5) is 0. The van der Waals surface area contributed by atoms with Crippen molar-refractivity contribution in [1.29, 1.82) is 0 Å². The summed E-state index contributed by atoms with van der Waals surface area (Å²) in [5, 5.41) is 0. The number of hydrogen-bond donors (Lipinski definition) is 0. The first-order valence-corrected chi connectivity index (χ1v) is 14.1. The number of unbranched alkanes of at least 4 members (excludes halogenated alkanes) is 4. The van der Waals surface area contributed by atoms with Crippen molar-refractivity contribution in [3.8, 4) is 0 Å². The molecule has 3 rings (SSSR count). The SMILES string of the molecule is CCCCCCCC1CCC(C2CCC(c3ccc(C(F)(F)C(F)(F)CCC)cc3)CC2)CC1. The van der Waals surface area contributed by atoms with Gasteiger partial charge in [-0.15, -0.1) is 0 Å². The lowest BCUT2D eigenvalue weighted by atomic mass is 9.68. The summed E-state index contributed by atoms with van der Waals surface area (Å²) in [6.07, 6.45) is 17.7. The van der Waals surface area contributed by atoms with E-state index < -0.39 is 23.8 Å². The van der Waals surface area contributed by atoms with Crippen LogP contribution >= 0.6 is 0 Å². The van der Waals surface area contributed by atoms with Gasteiger partial charge in [0.25, 0.3) is 0 Å². The fourth-order valence-corrected chi connectivity index (χ4v) is 6.56. The first-order valence-electron chi connectivity index (χ1n) is 14.1. The Morgan fingerprint density at radius 1 is 0.676 bits per heavy atom. The molecule has 2 aliphatic carbocycles. The molecule has 0 N–H and O–H groups in total. The van der Waals surface area contributed by atoms with E-state index in [2.05, 4.69) is 6.92 Å². The summed E-state index contributed by atoms with van der Waals surface area (Å²) < 4.78 is 56.6. The maximum atomic E-state index is 14.3. The summed E-state index contributed by atoms with van der Waals surface area (Å²) in [7, 11) is 0. The Morgan fingerprint density at radius 2 is 1.24 bits per heavy atom. The van der Waals surface area contributed by atoms with Gasteiger partial charge in [-0.25, -0.2) is 0 Å². The molecule has 0 spiro atoms. The third-order valence-electron chi connectivity index (χ3n) is 8.81. The van der Waals surface area contributed by atoms with Gasteiger partial charge < -0.3 is 0 Å². The number of rotatable bonds is 12. The molecule has 0 aliphatic heterocycles. The largest absolute Gasteiger partial charge is 0.335 e. The molecule has 2 fully saturated rings. The molecular formula is C30H46F4. The highest BCUT2D eigenvalue weighted by Crippen LogP contribution is 2.47. The van der Waals surface area contributed by atoms with Crippen molar-refractivity contribution in [2.45, 2.75) is 134 Å². The molecule has 0 amide bonds. The van der Waals surface area contributed by atoms with E-state index >= 15 is 0 Å². The summed E-state index contributed by atoms with van der Waals surface area (Å²) in [6.45, 7) is 3.77. The Balaban J connectivity index is 1.43.